The molecular formula is C22H23N3O2. The molecule has 1 saturated heterocycles. The van der Waals surface area contributed by atoms with E-state index in [1.54, 1.807) is 0 Å². The Morgan fingerprint density at radius 1 is 0.963 bits per heavy atom. The highest BCUT2D eigenvalue weighted by atomic mass is 16.5. The summed E-state index contributed by atoms with van der Waals surface area (Å²) >= 11 is 0. The predicted octanol–water partition coefficient (Wildman–Crippen LogP) is 4.49. The van der Waals surface area contributed by atoms with Crippen molar-refractivity contribution in [3.8, 4) is 11.4 Å². The first kappa shape index (κ1) is 17.5. The van der Waals surface area contributed by atoms with Crippen molar-refractivity contribution in [1.82, 2.24) is 10.1 Å². The van der Waals surface area contributed by atoms with E-state index in [0.29, 0.717) is 24.7 Å². The topological polar surface area (TPSA) is 59.2 Å². The number of rotatable bonds is 3. The molecule has 5 heteroatoms. The van der Waals surface area contributed by atoms with Crippen LogP contribution in [-0.4, -0.2) is 22.6 Å². The third kappa shape index (κ3) is 3.25. The Labute approximate surface area is 159 Å². The van der Waals surface area contributed by atoms with Gasteiger partial charge in [0.2, 0.25) is 17.6 Å². The number of aromatic nitrogens is 2. The molecule has 0 aliphatic carbocycles. The first-order valence-electron chi connectivity index (χ1n) is 9.21. The maximum absolute atomic E-state index is 12.5. The van der Waals surface area contributed by atoms with Crippen LogP contribution in [0.3, 0.4) is 0 Å². The first-order chi connectivity index (χ1) is 12.9. The van der Waals surface area contributed by atoms with Gasteiger partial charge < -0.3 is 9.42 Å². The van der Waals surface area contributed by atoms with Crippen LogP contribution in [0, 0.1) is 27.7 Å². The summed E-state index contributed by atoms with van der Waals surface area (Å²) in [5, 5.41) is 4.13. The van der Waals surface area contributed by atoms with Gasteiger partial charge in [-0.05, 0) is 68.1 Å². The largest absolute Gasteiger partial charge is 0.339 e. The van der Waals surface area contributed by atoms with Crippen molar-refractivity contribution in [1.29, 1.82) is 0 Å². The zero-order valence-corrected chi connectivity index (χ0v) is 16.1. The number of nitrogens with zero attached hydrogens (tertiary/aromatic N) is 3. The van der Waals surface area contributed by atoms with E-state index in [1.165, 1.54) is 22.3 Å². The van der Waals surface area contributed by atoms with Crippen LogP contribution < -0.4 is 4.90 Å². The van der Waals surface area contributed by atoms with Crippen LogP contribution in [0.4, 0.5) is 5.69 Å². The molecule has 1 unspecified atom stereocenters. The molecule has 0 saturated carbocycles. The zero-order chi connectivity index (χ0) is 19.1. The standard InChI is InChI=1S/C22H23N3O2/c1-13-5-7-17(9-15(13)3)21-23-22(27-24-21)18-11-20(26)25(12-18)19-8-6-14(2)16(4)10-19/h5-10,18H,11-12H2,1-4H3. The normalized spacial score (nSPS) is 17.0. The summed E-state index contributed by atoms with van der Waals surface area (Å²) in [6, 6.07) is 12.2. The maximum atomic E-state index is 12.5. The van der Waals surface area contributed by atoms with Gasteiger partial charge in [0.25, 0.3) is 0 Å². The van der Waals surface area contributed by atoms with E-state index in [2.05, 4.69) is 62.1 Å². The summed E-state index contributed by atoms with van der Waals surface area (Å²) in [4.78, 5) is 18.9. The molecule has 0 spiro atoms. The van der Waals surface area contributed by atoms with Gasteiger partial charge in [-0.15, -0.1) is 0 Å². The predicted molar refractivity (Wildman–Crippen MR) is 105 cm³/mol. The van der Waals surface area contributed by atoms with Crippen molar-refractivity contribution in [2.75, 3.05) is 11.4 Å². The minimum Gasteiger partial charge on any atom is -0.339 e. The highest BCUT2D eigenvalue weighted by Gasteiger charge is 2.35. The number of amides is 1. The van der Waals surface area contributed by atoms with E-state index in [0.717, 1.165) is 11.3 Å². The molecule has 2 heterocycles. The van der Waals surface area contributed by atoms with Gasteiger partial charge in [0.1, 0.15) is 0 Å². The molecule has 138 valence electrons. The van der Waals surface area contributed by atoms with Gasteiger partial charge in [0.15, 0.2) is 0 Å². The average molecular weight is 361 g/mol. The molecule has 1 aromatic heterocycles. The minimum atomic E-state index is -0.0769. The van der Waals surface area contributed by atoms with Gasteiger partial charge in [-0.2, -0.15) is 4.98 Å². The summed E-state index contributed by atoms with van der Waals surface area (Å²) in [6.45, 7) is 8.84. The van der Waals surface area contributed by atoms with Gasteiger partial charge in [-0.25, -0.2) is 0 Å². The van der Waals surface area contributed by atoms with Crippen LogP contribution in [0.5, 0.6) is 0 Å². The Bertz CT molecular complexity index is 1020. The van der Waals surface area contributed by atoms with E-state index >= 15 is 0 Å². The van der Waals surface area contributed by atoms with Crippen molar-refractivity contribution in [3.05, 3.63) is 64.5 Å². The lowest BCUT2D eigenvalue weighted by atomic mass is 10.1. The highest BCUT2D eigenvalue weighted by molar-refractivity contribution is 5.96. The number of carbonyl (C=O) groups excluding carboxylic acids is 1. The Kier molecular flexibility index (Phi) is 4.30. The lowest BCUT2D eigenvalue weighted by Crippen LogP contribution is -2.24. The molecule has 27 heavy (non-hydrogen) atoms. The summed E-state index contributed by atoms with van der Waals surface area (Å²) in [5.74, 6) is 1.12. The molecule has 0 radical (unpaired) electrons. The lowest BCUT2D eigenvalue weighted by Gasteiger charge is -2.17. The van der Waals surface area contributed by atoms with Crippen LogP contribution in [0.2, 0.25) is 0 Å². The molecule has 1 aliphatic rings. The Morgan fingerprint density at radius 3 is 2.37 bits per heavy atom. The van der Waals surface area contributed by atoms with Crippen LogP contribution in [0.15, 0.2) is 40.9 Å². The Hall–Kier alpha value is -2.95. The molecule has 1 aliphatic heterocycles. The molecule has 4 rings (SSSR count). The fourth-order valence-electron chi connectivity index (χ4n) is 3.41. The van der Waals surface area contributed by atoms with Crippen LogP contribution in [-0.2, 0) is 4.79 Å². The van der Waals surface area contributed by atoms with Crippen molar-refractivity contribution < 1.29 is 9.32 Å². The summed E-state index contributed by atoms with van der Waals surface area (Å²) in [6.07, 6.45) is 0.390. The minimum absolute atomic E-state index is 0.0769. The van der Waals surface area contributed by atoms with Crippen molar-refractivity contribution in [2.24, 2.45) is 0 Å². The van der Waals surface area contributed by atoms with Gasteiger partial charge in [-0.1, -0.05) is 23.4 Å². The quantitative estimate of drug-likeness (QED) is 0.690. The highest BCUT2D eigenvalue weighted by Crippen LogP contribution is 2.32. The third-order valence-electron chi connectivity index (χ3n) is 5.48. The van der Waals surface area contributed by atoms with Gasteiger partial charge in [-0.3, -0.25) is 4.79 Å². The van der Waals surface area contributed by atoms with E-state index in [4.69, 9.17) is 4.52 Å². The number of hydrogen-bond donors (Lipinski definition) is 0. The maximum Gasteiger partial charge on any atom is 0.232 e. The number of hydrogen-bond acceptors (Lipinski definition) is 4. The number of aryl methyl sites for hydroxylation is 4. The zero-order valence-electron chi connectivity index (χ0n) is 16.1. The second kappa shape index (κ2) is 6.65. The van der Waals surface area contributed by atoms with Gasteiger partial charge in [0, 0.05) is 24.2 Å². The summed E-state index contributed by atoms with van der Waals surface area (Å²) in [7, 11) is 0. The molecule has 3 aromatic rings. The van der Waals surface area contributed by atoms with Crippen molar-refractivity contribution >= 4 is 11.6 Å². The second-order valence-electron chi connectivity index (χ2n) is 7.43. The summed E-state index contributed by atoms with van der Waals surface area (Å²) in [5.41, 5.74) is 6.68. The van der Waals surface area contributed by atoms with Crippen LogP contribution in [0.25, 0.3) is 11.4 Å². The third-order valence-corrected chi connectivity index (χ3v) is 5.48. The SMILES string of the molecule is Cc1ccc(-c2noc(C3CC(=O)N(c4ccc(C)c(C)c4)C3)n2)cc1C. The van der Waals surface area contributed by atoms with Crippen LogP contribution in [0.1, 0.15) is 40.5 Å². The van der Waals surface area contributed by atoms with Gasteiger partial charge >= 0.3 is 0 Å². The molecule has 2 aromatic carbocycles. The molecule has 5 nitrogen and oxygen atoms in total. The van der Waals surface area contributed by atoms with Crippen LogP contribution >= 0.6 is 0 Å². The van der Waals surface area contributed by atoms with Gasteiger partial charge in [0.05, 0.1) is 5.92 Å². The number of benzene rings is 2. The first-order valence-corrected chi connectivity index (χ1v) is 9.21. The van der Waals surface area contributed by atoms with Crippen molar-refractivity contribution in [3.63, 3.8) is 0 Å². The van der Waals surface area contributed by atoms with E-state index in [9.17, 15) is 4.79 Å². The molecule has 1 amide bonds. The lowest BCUT2D eigenvalue weighted by molar-refractivity contribution is -0.117. The fraction of sp³-hybridized carbons (Fsp3) is 0.318. The monoisotopic (exact) mass is 361 g/mol. The molecule has 1 fully saturated rings. The number of carbonyl (C=O) groups is 1. The van der Waals surface area contributed by atoms with E-state index < -0.39 is 0 Å². The molecule has 0 bridgehead atoms. The smallest absolute Gasteiger partial charge is 0.232 e. The van der Waals surface area contributed by atoms with E-state index in [1.807, 2.05) is 17.0 Å². The fourth-order valence-corrected chi connectivity index (χ4v) is 3.41. The number of anilines is 1. The van der Waals surface area contributed by atoms with Crippen molar-refractivity contribution in [2.45, 2.75) is 40.0 Å². The Balaban J connectivity index is 1.56. The second-order valence-corrected chi connectivity index (χ2v) is 7.43. The molecular weight excluding hydrogens is 338 g/mol. The Morgan fingerprint density at radius 2 is 1.67 bits per heavy atom. The van der Waals surface area contributed by atoms with E-state index in [-0.39, 0.29) is 11.8 Å². The molecule has 0 N–H and O–H groups in total. The molecule has 1 atom stereocenters. The summed E-state index contributed by atoms with van der Waals surface area (Å²) < 4.78 is 5.51. The average Bonchev–Trinajstić information content (AvgIpc) is 3.27.